The van der Waals surface area contributed by atoms with Crippen LogP contribution in [0.15, 0.2) is 12.1 Å². The predicted octanol–water partition coefficient (Wildman–Crippen LogP) is 2.34. The quantitative estimate of drug-likeness (QED) is 0.671. The van der Waals surface area contributed by atoms with E-state index in [1.807, 2.05) is 6.92 Å². The van der Waals surface area contributed by atoms with Crippen LogP contribution in [0, 0.1) is 10.1 Å². The average Bonchev–Trinajstić information content (AvgIpc) is 2.41. The van der Waals surface area contributed by atoms with Crippen LogP contribution in [0.1, 0.15) is 17.3 Å². The summed E-state index contributed by atoms with van der Waals surface area (Å²) in [5, 5.41) is 14.1. The smallest absolute Gasteiger partial charge is 0.271 e. The normalized spacial score (nSPS) is 18.9. The van der Waals surface area contributed by atoms with Crippen molar-refractivity contribution >= 4 is 34.8 Å². The Labute approximate surface area is 125 Å². The van der Waals surface area contributed by atoms with Crippen LogP contribution in [-0.4, -0.2) is 41.4 Å². The molecule has 0 unspecified atom stereocenters. The van der Waals surface area contributed by atoms with Gasteiger partial charge in [-0.2, -0.15) is 0 Å². The molecule has 108 valence electrons. The summed E-state index contributed by atoms with van der Waals surface area (Å²) in [5.41, 5.74) is -0.176. The number of rotatable bonds is 2. The standard InChI is InChI=1S/C12H13Cl2N3O3/c1-7-6-15-2-3-16(7)12(18)9-4-8(17(19)20)5-10(13)11(9)14/h4-5,7,15H,2-3,6H2,1H3/t7-/m0/s1. The number of benzene rings is 1. The number of non-ortho nitro benzene ring substituents is 1. The number of nitrogens with zero attached hydrogens (tertiary/aromatic N) is 2. The summed E-state index contributed by atoms with van der Waals surface area (Å²) in [4.78, 5) is 24.4. The second-order valence-corrected chi connectivity index (χ2v) is 5.38. The van der Waals surface area contributed by atoms with E-state index in [0.717, 1.165) is 6.07 Å². The van der Waals surface area contributed by atoms with Crippen LogP contribution >= 0.6 is 23.2 Å². The van der Waals surface area contributed by atoms with Gasteiger partial charge < -0.3 is 10.2 Å². The highest BCUT2D eigenvalue weighted by atomic mass is 35.5. The predicted molar refractivity (Wildman–Crippen MR) is 76.5 cm³/mol. The van der Waals surface area contributed by atoms with Crippen molar-refractivity contribution in [1.82, 2.24) is 10.2 Å². The first-order chi connectivity index (χ1) is 9.41. The molecule has 0 aromatic heterocycles. The number of nitrogens with one attached hydrogen (secondary N) is 1. The van der Waals surface area contributed by atoms with Gasteiger partial charge in [-0.25, -0.2) is 0 Å². The van der Waals surface area contributed by atoms with Crippen LogP contribution in [0.4, 0.5) is 5.69 Å². The minimum atomic E-state index is -0.597. The van der Waals surface area contributed by atoms with Crippen molar-refractivity contribution in [3.8, 4) is 0 Å². The lowest BCUT2D eigenvalue weighted by atomic mass is 10.1. The van der Waals surface area contributed by atoms with Crippen LogP contribution in [0.5, 0.6) is 0 Å². The summed E-state index contributed by atoms with van der Waals surface area (Å²) in [5.74, 6) is -0.338. The molecule has 1 atom stereocenters. The lowest BCUT2D eigenvalue weighted by Gasteiger charge is -2.34. The van der Waals surface area contributed by atoms with Crippen LogP contribution < -0.4 is 5.32 Å². The van der Waals surface area contributed by atoms with Gasteiger partial charge in [0.15, 0.2) is 0 Å². The third-order valence-electron chi connectivity index (χ3n) is 3.22. The SMILES string of the molecule is C[C@H]1CNCCN1C(=O)c1cc([N+](=O)[O-])cc(Cl)c1Cl. The monoisotopic (exact) mass is 317 g/mol. The molecule has 1 aromatic carbocycles. The maximum atomic E-state index is 12.5. The van der Waals surface area contributed by atoms with Crippen molar-refractivity contribution in [2.24, 2.45) is 0 Å². The number of nitro benzene ring substituents is 1. The number of nitro groups is 1. The minimum absolute atomic E-state index is 0.00649. The van der Waals surface area contributed by atoms with E-state index in [1.54, 1.807) is 4.90 Å². The highest BCUT2D eigenvalue weighted by Gasteiger charge is 2.28. The van der Waals surface area contributed by atoms with E-state index in [1.165, 1.54) is 6.07 Å². The Balaban J connectivity index is 2.40. The van der Waals surface area contributed by atoms with Gasteiger partial charge in [0, 0.05) is 37.8 Å². The maximum Gasteiger partial charge on any atom is 0.271 e. The summed E-state index contributed by atoms with van der Waals surface area (Å²) in [6.45, 7) is 3.77. The zero-order chi connectivity index (χ0) is 14.9. The van der Waals surface area contributed by atoms with Crippen LogP contribution in [0.2, 0.25) is 10.0 Å². The minimum Gasteiger partial charge on any atom is -0.333 e. The highest BCUT2D eigenvalue weighted by Crippen LogP contribution is 2.32. The fourth-order valence-electron chi connectivity index (χ4n) is 2.13. The van der Waals surface area contributed by atoms with Gasteiger partial charge in [-0.3, -0.25) is 14.9 Å². The van der Waals surface area contributed by atoms with Crippen LogP contribution in [0.3, 0.4) is 0 Å². The molecule has 0 spiro atoms. The van der Waals surface area contributed by atoms with Gasteiger partial charge in [0.05, 0.1) is 20.5 Å². The van der Waals surface area contributed by atoms with E-state index >= 15 is 0 Å². The average molecular weight is 318 g/mol. The first kappa shape index (κ1) is 15.0. The Morgan fingerprint density at radius 2 is 2.20 bits per heavy atom. The van der Waals surface area contributed by atoms with Gasteiger partial charge >= 0.3 is 0 Å². The van der Waals surface area contributed by atoms with E-state index in [-0.39, 0.29) is 33.2 Å². The molecule has 1 saturated heterocycles. The van der Waals surface area contributed by atoms with Gasteiger partial charge in [0.1, 0.15) is 0 Å². The molecule has 1 fully saturated rings. The molecule has 1 amide bonds. The van der Waals surface area contributed by atoms with E-state index in [0.29, 0.717) is 19.6 Å². The second kappa shape index (κ2) is 5.95. The molecule has 20 heavy (non-hydrogen) atoms. The molecule has 0 bridgehead atoms. The Morgan fingerprint density at radius 3 is 2.80 bits per heavy atom. The number of hydrogen-bond acceptors (Lipinski definition) is 4. The van der Waals surface area contributed by atoms with Crippen molar-refractivity contribution < 1.29 is 9.72 Å². The summed E-state index contributed by atoms with van der Waals surface area (Å²) in [6.07, 6.45) is 0. The lowest BCUT2D eigenvalue weighted by molar-refractivity contribution is -0.384. The fourth-order valence-corrected chi connectivity index (χ4v) is 2.54. The molecule has 1 N–H and O–H groups in total. The zero-order valence-corrected chi connectivity index (χ0v) is 12.2. The fraction of sp³-hybridized carbons (Fsp3) is 0.417. The van der Waals surface area contributed by atoms with Crippen molar-refractivity contribution in [2.45, 2.75) is 13.0 Å². The van der Waals surface area contributed by atoms with Crippen LogP contribution in [-0.2, 0) is 0 Å². The van der Waals surface area contributed by atoms with Gasteiger partial charge in [0.2, 0.25) is 0 Å². The van der Waals surface area contributed by atoms with Crippen molar-refractivity contribution in [3.63, 3.8) is 0 Å². The van der Waals surface area contributed by atoms with Crippen molar-refractivity contribution in [2.75, 3.05) is 19.6 Å². The molecule has 8 heteroatoms. The van der Waals surface area contributed by atoms with Crippen molar-refractivity contribution in [1.29, 1.82) is 0 Å². The maximum absolute atomic E-state index is 12.5. The third kappa shape index (κ3) is 2.87. The van der Waals surface area contributed by atoms with Gasteiger partial charge in [-0.15, -0.1) is 0 Å². The molecular formula is C12H13Cl2N3O3. The third-order valence-corrected chi connectivity index (χ3v) is 4.02. The number of halogens is 2. The molecule has 1 heterocycles. The van der Waals surface area contributed by atoms with Gasteiger partial charge in [0.25, 0.3) is 11.6 Å². The number of carbonyl (C=O) groups is 1. The molecule has 1 aliphatic rings. The summed E-state index contributed by atoms with van der Waals surface area (Å²) in [6, 6.07) is 2.30. The molecule has 0 saturated carbocycles. The summed E-state index contributed by atoms with van der Waals surface area (Å²) in [7, 11) is 0. The molecular weight excluding hydrogens is 305 g/mol. The topological polar surface area (TPSA) is 75.5 Å². The Bertz CT molecular complexity index is 565. The molecule has 6 nitrogen and oxygen atoms in total. The van der Waals surface area contributed by atoms with Crippen LogP contribution in [0.25, 0.3) is 0 Å². The first-order valence-electron chi connectivity index (χ1n) is 6.07. The number of carbonyl (C=O) groups excluding carboxylic acids is 1. The Kier molecular flexibility index (Phi) is 4.47. The van der Waals surface area contributed by atoms with E-state index in [4.69, 9.17) is 23.2 Å². The van der Waals surface area contributed by atoms with Gasteiger partial charge in [-0.1, -0.05) is 23.2 Å². The van der Waals surface area contributed by atoms with E-state index in [9.17, 15) is 14.9 Å². The lowest BCUT2D eigenvalue weighted by Crippen LogP contribution is -2.52. The second-order valence-electron chi connectivity index (χ2n) is 4.60. The molecule has 2 rings (SSSR count). The molecule has 1 aliphatic heterocycles. The summed E-state index contributed by atoms with van der Waals surface area (Å²) < 4.78 is 0. The largest absolute Gasteiger partial charge is 0.333 e. The number of amides is 1. The Hall–Kier alpha value is -1.37. The summed E-state index contributed by atoms with van der Waals surface area (Å²) >= 11 is 11.9. The van der Waals surface area contributed by atoms with Crippen molar-refractivity contribution in [3.05, 3.63) is 37.9 Å². The molecule has 1 aromatic rings. The molecule has 0 aliphatic carbocycles. The van der Waals surface area contributed by atoms with E-state index < -0.39 is 4.92 Å². The highest BCUT2D eigenvalue weighted by molar-refractivity contribution is 6.44. The first-order valence-corrected chi connectivity index (χ1v) is 6.82. The number of piperazine rings is 1. The molecule has 0 radical (unpaired) electrons. The zero-order valence-electron chi connectivity index (χ0n) is 10.7. The van der Waals surface area contributed by atoms with Gasteiger partial charge in [-0.05, 0) is 6.92 Å². The van der Waals surface area contributed by atoms with E-state index in [2.05, 4.69) is 5.32 Å². The Morgan fingerprint density at radius 1 is 1.50 bits per heavy atom. The number of hydrogen-bond donors (Lipinski definition) is 1.